The zero-order valence-electron chi connectivity index (χ0n) is 9.79. The van der Waals surface area contributed by atoms with Crippen molar-refractivity contribution in [2.24, 2.45) is 5.92 Å². The number of nitrogens with one attached hydrogen (secondary N) is 1. The van der Waals surface area contributed by atoms with Crippen molar-refractivity contribution in [2.75, 3.05) is 5.73 Å². The van der Waals surface area contributed by atoms with E-state index < -0.39 is 0 Å². The number of carbonyl (C=O) groups is 1. The Morgan fingerprint density at radius 2 is 2.25 bits per heavy atom. The Hall–Kier alpha value is -1.51. The molecule has 3 nitrogen and oxygen atoms in total. The maximum atomic E-state index is 11.7. The van der Waals surface area contributed by atoms with Crippen molar-refractivity contribution >= 4 is 11.6 Å². The molecule has 0 heterocycles. The topological polar surface area (TPSA) is 55.1 Å². The van der Waals surface area contributed by atoms with Crippen LogP contribution in [0.1, 0.15) is 37.4 Å². The van der Waals surface area contributed by atoms with Crippen LogP contribution in [0.3, 0.4) is 0 Å². The van der Waals surface area contributed by atoms with Crippen molar-refractivity contribution in [3.05, 3.63) is 29.3 Å². The number of benzene rings is 1. The van der Waals surface area contributed by atoms with E-state index in [1.165, 1.54) is 11.1 Å². The third-order valence-electron chi connectivity index (χ3n) is 3.15. The van der Waals surface area contributed by atoms with E-state index in [4.69, 9.17) is 5.73 Å². The fourth-order valence-corrected chi connectivity index (χ4v) is 2.17. The molecule has 1 unspecified atom stereocenters. The summed E-state index contributed by atoms with van der Waals surface area (Å²) in [6, 6.07) is 6.08. The molecule has 0 saturated heterocycles. The van der Waals surface area contributed by atoms with E-state index in [9.17, 15) is 4.79 Å². The Bertz CT molecular complexity index is 412. The first kappa shape index (κ1) is 11.0. The number of amides is 1. The fraction of sp³-hybridized carbons (Fsp3) is 0.462. The summed E-state index contributed by atoms with van der Waals surface area (Å²) in [7, 11) is 0. The van der Waals surface area contributed by atoms with E-state index in [-0.39, 0.29) is 17.9 Å². The number of nitrogen functional groups attached to an aromatic ring is 1. The Kier molecular flexibility index (Phi) is 2.86. The van der Waals surface area contributed by atoms with E-state index in [1.54, 1.807) is 0 Å². The van der Waals surface area contributed by atoms with Gasteiger partial charge in [0.15, 0.2) is 0 Å². The summed E-state index contributed by atoms with van der Waals surface area (Å²) < 4.78 is 0. The number of nitrogens with two attached hydrogens (primary N) is 1. The molecule has 2 rings (SSSR count). The van der Waals surface area contributed by atoms with Gasteiger partial charge in [-0.3, -0.25) is 4.79 Å². The highest BCUT2D eigenvalue weighted by Crippen LogP contribution is 2.34. The lowest BCUT2D eigenvalue weighted by atomic mass is 10.1. The minimum absolute atomic E-state index is 0.0325. The van der Waals surface area contributed by atoms with Crippen LogP contribution in [0.25, 0.3) is 0 Å². The molecule has 86 valence electrons. The van der Waals surface area contributed by atoms with Crippen molar-refractivity contribution in [3.63, 3.8) is 0 Å². The fourth-order valence-electron chi connectivity index (χ4n) is 2.17. The van der Waals surface area contributed by atoms with E-state index >= 15 is 0 Å². The van der Waals surface area contributed by atoms with Crippen LogP contribution in [-0.4, -0.2) is 5.91 Å². The first-order valence-corrected chi connectivity index (χ1v) is 5.77. The molecule has 1 amide bonds. The number of carbonyl (C=O) groups excluding carboxylic acids is 1. The molecule has 1 aromatic carbocycles. The monoisotopic (exact) mass is 218 g/mol. The lowest BCUT2D eigenvalue weighted by Crippen LogP contribution is -2.30. The van der Waals surface area contributed by atoms with Gasteiger partial charge in [-0.25, -0.2) is 0 Å². The number of rotatable bonds is 2. The average Bonchev–Trinajstić information content (AvgIpc) is 2.63. The van der Waals surface area contributed by atoms with Crippen LogP contribution in [-0.2, 0) is 11.2 Å². The van der Waals surface area contributed by atoms with Crippen molar-refractivity contribution in [3.8, 4) is 0 Å². The highest BCUT2D eigenvalue weighted by molar-refractivity contribution is 5.78. The van der Waals surface area contributed by atoms with E-state index in [0.717, 1.165) is 18.5 Å². The summed E-state index contributed by atoms with van der Waals surface area (Å²) in [5.41, 5.74) is 9.15. The molecule has 0 aliphatic heterocycles. The van der Waals surface area contributed by atoms with Crippen LogP contribution in [0.4, 0.5) is 5.69 Å². The number of hydrogen-bond donors (Lipinski definition) is 2. The van der Waals surface area contributed by atoms with Crippen molar-refractivity contribution in [1.82, 2.24) is 5.32 Å². The van der Waals surface area contributed by atoms with Gasteiger partial charge in [0.2, 0.25) is 5.91 Å². The lowest BCUT2D eigenvalue weighted by Gasteiger charge is -2.16. The second kappa shape index (κ2) is 4.16. The zero-order valence-corrected chi connectivity index (χ0v) is 9.79. The van der Waals surface area contributed by atoms with Crippen LogP contribution in [0, 0.1) is 5.92 Å². The first-order chi connectivity index (χ1) is 7.59. The quantitative estimate of drug-likeness (QED) is 0.746. The average molecular weight is 218 g/mol. The predicted molar refractivity (Wildman–Crippen MR) is 64.9 cm³/mol. The van der Waals surface area contributed by atoms with Crippen molar-refractivity contribution < 1.29 is 4.79 Å². The second-order valence-corrected chi connectivity index (χ2v) is 4.67. The molecule has 1 aromatic rings. The minimum atomic E-state index is 0.0325. The lowest BCUT2D eigenvalue weighted by molar-refractivity contribution is -0.124. The van der Waals surface area contributed by atoms with Gasteiger partial charge in [0, 0.05) is 11.6 Å². The van der Waals surface area contributed by atoms with Gasteiger partial charge in [0.05, 0.1) is 6.04 Å². The van der Waals surface area contributed by atoms with Gasteiger partial charge in [0.25, 0.3) is 0 Å². The van der Waals surface area contributed by atoms with Gasteiger partial charge >= 0.3 is 0 Å². The van der Waals surface area contributed by atoms with Crippen LogP contribution in [0.5, 0.6) is 0 Å². The molecular formula is C13H18N2O. The molecule has 1 aliphatic carbocycles. The van der Waals surface area contributed by atoms with Crippen LogP contribution in [0.2, 0.25) is 0 Å². The first-order valence-electron chi connectivity index (χ1n) is 5.77. The van der Waals surface area contributed by atoms with Gasteiger partial charge in [-0.15, -0.1) is 0 Å². The Balaban J connectivity index is 2.18. The van der Waals surface area contributed by atoms with E-state index in [2.05, 4.69) is 11.4 Å². The summed E-state index contributed by atoms with van der Waals surface area (Å²) in [5.74, 6) is 0.144. The van der Waals surface area contributed by atoms with Gasteiger partial charge in [-0.2, -0.15) is 0 Å². The van der Waals surface area contributed by atoms with Gasteiger partial charge in [0.1, 0.15) is 0 Å². The summed E-state index contributed by atoms with van der Waals surface area (Å²) in [6.07, 6.45) is 1.92. The Morgan fingerprint density at radius 1 is 1.50 bits per heavy atom. The molecule has 0 aromatic heterocycles. The molecular weight excluding hydrogens is 200 g/mol. The number of hydrogen-bond acceptors (Lipinski definition) is 2. The van der Waals surface area contributed by atoms with Crippen molar-refractivity contribution in [1.29, 1.82) is 0 Å². The SMILES string of the molecule is CC(C)C(=O)NC1CCc2c(N)cccc21. The van der Waals surface area contributed by atoms with Crippen LogP contribution < -0.4 is 11.1 Å². The normalized spacial score (nSPS) is 18.6. The predicted octanol–water partition coefficient (Wildman–Crippen LogP) is 2.03. The van der Waals surface area contributed by atoms with Crippen LogP contribution in [0.15, 0.2) is 18.2 Å². The third-order valence-corrected chi connectivity index (χ3v) is 3.15. The maximum absolute atomic E-state index is 11.7. The maximum Gasteiger partial charge on any atom is 0.223 e. The molecule has 0 saturated carbocycles. The van der Waals surface area contributed by atoms with Gasteiger partial charge < -0.3 is 11.1 Å². The number of anilines is 1. The summed E-state index contributed by atoms with van der Waals surface area (Å²) in [6.45, 7) is 3.81. The summed E-state index contributed by atoms with van der Waals surface area (Å²) in [4.78, 5) is 11.7. The van der Waals surface area contributed by atoms with Gasteiger partial charge in [-0.1, -0.05) is 26.0 Å². The van der Waals surface area contributed by atoms with E-state index in [1.807, 2.05) is 26.0 Å². The smallest absolute Gasteiger partial charge is 0.223 e. The Labute approximate surface area is 96.0 Å². The highest BCUT2D eigenvalue weighted by atomic mass is 16.1. The summed E-state index contributed by atoms with van der Waals surface area (Å²) in [5, 5.41) is 3.07. The minimum Gasteiger partial charge on any atom is -0.398 e. The molecule has 1 atom stereocenters. The molecule has 16 heavy (non-hydrogen) atoms. The zero-order chi connectivity index (χ0) is 11.7. The van der Waals surface area contributed by atoms with Crippen LogP contribution >= 0.6 is 0 Å². The summed E-state index contributed by atoms with van der Waals surface area (Å²) >= 11 is 0. The molecule has 1 aliphatic rings. The molecule has 3 N–H and O–H groups in total. The molecule has 0 bridgehead atoms. The third kappa shape index (κ3) is 1.90. The largest absolute Gasteiger partial charge is 0.398 e. The Morgan fingerprint density at radius 3 is 2.94 bits per heavy atom. The van der Waals surface area contributed by atoms with Gasteiger partial charge in [-0.05, 0) is 30.0 Å². The molecule has 0 spiro atoms. The highest BCUT2D eigenvalue weighted by Gasteiger charge is 2.25. The van der Waals surface area contributed by atoms with E-state index in [0.29, 0.717) is 0 Å². The second-order valence-electron chi connectivity index (χ2n) is 4.67. The molecule has 0 fully saturated rings. The standard InChI is InChI=1S/C13H18N2O/c1-8(2)13(16)15-12-7-6-9-10(12)4-3-5-11(9)14/h3-5,8,12H,6-7,14H2,1-2H3,(H,15,16). The molecule has 0 radical (unpaired) electrons. The molecule has 3 heteroatoms. The van der Waals surface area contributed by atoms with Crippen molar-refractivity contribution in [2.45, 2.75) is 32.7 Å². The number of fused-ring (bicyclic) bond motifs is 1.